The van der Waals surface area contributed by atoms with Crippen molar-refractivity contribution in [3.05, 3.63) is 0 Å². The lowest BCUT2D eigenvalue weighted by Gasteiger charge is -2.37. The highest BCUT2D eigenvalue weighted by atomic mass is 28.4. The van der Waals surface area contributed by atoms with Crippen molar-refractivity contribution in [1.29, 1.82) is 0 Å². The third-order valence-corrected chi connectivity index (χ3v) is 7.02. The van der Waals surface area contributed by atoms with Crippen molar-refractivity contribution in [1.82, 2.24) is 0 Å². The summed E-state index contributed by atoms with van der Waals surface area (Å²) in [5.74, 6) is -1.27. The fourth-order valence-electron chi connectivity index (χ4n) is 2.97. The average Bonchev–Trinajstić information content (AvgIpc) is 2.82. The summed E-state index contributed by atoms with van der Waals surface area (Å²) >= 11 is 0. The first-order valence-corrected chi connectivity index (χ1v) is 15.3. The Labute approximate surface area is 210 Å². The van der Waals surface area contributed by atoms with Crippen LogP contribution in [0.25, 0.3) is 0 Å². The van der Waals surface area contributed by atoms with Crippen LogP contribution < -0.4 is 0 Å². The molecule has 0 spiro atoms. The van der Waals surface area contributed by atoms with Gasteiger partial charge in [-0.25, -0.2) is 0 Å². The minimum atomic E-state index is -3.48. The number of hydrogen-bond acceptors (Lipinski definition) is 8. The van der Waals surface area contributed by atoms with E-state index in [4.69, 9.17) is 36.7 Å². The summed E-state index contributed by atoms with van der Waals surface area (Å²) in [5, 5.41) is 0. The smallest absolute Gasteiger partial charge is 0.353 e. The molecule has 34 heavy (non-hydrogen) atoms. The van der Waals surface area contributed by atoms with Crippen LogP contribution in [0.15, 0.2) is 0 Å². The Bertz CT molecular complexity index is 407. The van der Waals surface area contributed by atoms with E-state index < -0.39 is 21.3 Å². The number of unbranched alkanes of at least 4 members (excludes halogenated alkanes) is 3. The van der Waals surface area contributed by atoms with Crippen molar-refractivity contribution in [3.63, 3.8) is 0 Å². The van der Waals surface area contributed by atoms with Crippen LogP contribution in [0.4, 0.5) is 0 Å². The minimum Gasteiger partial charge on any atom is -0.353 e. The Balaban J connectivity index is 5.87. The molecule has 0 saturated carbocycles. The number of ether oxygens (including phenoxy) is 4. The van der Waals surface area contributed by atoms with E-state index in [0.29, 0.717) is 46.2 Å². The molecule has 1 atom stereocenters. The van der Waals surface area contributed by atoms with Gasteiger partial charge in [-0.1, -0.05) is 53.9 Å². The summed E-state index contributed by atoms with van der Waals surface area (Å²) in [6.45, 7) is 17.7. The van der Waals surface area contributed by atoms with Gasteiger partial charge in [-0.3, -0.25) is 0 Å². The predicted octanol–water partition coefficient (Wildman–Crippen LogP) is 6.18. The summed E-state index contributed by atoms with van der Waals surface area (Å²) in [5.41, 5.74) is 0. The van der Waals surface area contributed by atoms with Gasteiger partial charge < -0.3 is 36.7 Å². The third-order valence-electron chi connectivity index (χ3n) is 4.79. The summed E-state index contributed by atoms with van der Waals surface area (Å²) in [6, 6.07) is 0. The van der Waals surface area contributed by atoms with Crippen molar-refractivity contribution in [2.75, 3.05) is 46.2 Å². The zero-order valence-corrected chi connectivity index (χ0v) is 24.2. The van der Waals surface area contributed by atoms with E-state index in [1.807, 2.05) is 13.8 Å². The van der Waals surface area contributed by atoms with Crippen LogP contribution in [-0.4, -0.2) is 67.6 Å². The zero-order chi connectivity index (χ0) is 25.5. The second-order valence-electron chi connectivity index (χ2n) is 8.13. The van der Waals surface area contributed by atoms with Gasteiger partial charge in [0.2, 0.25) is 0 Å². The van der Waals surface area contributed by atoms with Crippen molar-refractivity contribution in [3.8, 4) is 0 Å². The first-order valence-electron chi connectivity index (χ1n) is 13.6. The van der Waals surface area contributed by atoms with Crippen LogP contribution in [0, 0.1) is 0 Å². The van der Waals surface area contributed by atoms with E-state index in [0.717, 1.165) is 51.4 Å². The van der Waals surface area contributed by atoms with Gasteiger partial charge in [0.1, 0.15) is 0 Å². The molecule has 0 amide bonds. The molecule has 0 aromatic rings. The van der Waals surface area contributed by atoms with Crippen molar-refractivity contribution in [2.45, 2.75) is 119 Å². The maximum atomic E-state index is 6.49. The molecular weight excluding hydrogens is 456 g/mol. The monoisotopic (exact) mass is 510 g/mol. The zero-order valence-electron chi connectivity index (χ0n) is 23.2. The molecule has 0 aliphatic heterocycles. The van der Waals surface area contributed by atoms with Crippen molar-refractivity contribution >= 4 is 9.05 Å². The molecule has 0 aromatic heterocycles. The lowest BCUT2D eigenvalue weighted by atomic mass is 10.3. The quantitative estimate of drug-likeness (QED) is 0.0775. The van der Waals surface area contributed by atoms with Crippen LogP contribution >= 0.6 is 0 Å². The second kappa shape index (κ2) is 22.1. The van der Waals surface area contributed by atoms with E-state index in [9.17, 15) is 0 Å². The Morgan fingerprint density at radius 1 is 0.559 bits per heavy atom. The second-order valence-corrected chi connectivity index (χ2v) is 10.2. The number of rotatable bonds is 26. The first kappa shape index (κ1) is 33.9. The lowest BCUT2D eigenvalue weighted by Crippen LogP contribution is -2.54. The highest BCUT2D eigenvalue weighted by molar-refractivity contribution is 6.53. The summed E-state index contributed by atoms with van der Waals surface area (Å²) < 4.78 is 49.4. The molecule has 8 nitrogen and oxygen atoms in total. The van der Waals surface area contributed by atoms with Crippen molar-refractivity contribution < 1.29 is 36.7 Å². The van der Waals surface area contributed by atoms with Gasteiger partial charge in [0.25, 0.3) is 5.97 Å². The van der Waals surface area contributed by atoms with Gasteiger partial charge >= 0.3 is 9.05 Å². The molecule has 0 fully saturated rings. The largest absolute Gasteiger partial charge is 0.681 e. The topological polar surface area (TPSA) is 73.8 Å². The summed E-state index contributed by atoms with van der Waals surface area (Å²) in [4.78, 5) is 0. The maximum Gasteiger partial charge on any atom is 0.681 e. The third kappa shape index (κ3) is 15.1. The maximum absolute atomic E-state index is 6.49. The molecule has 206 valence electrons. The Morgan fingerprint density at radius 2 is 1.03 bits per heavy atom. The highest BCUT2D eigenvalue weighted by Crippen LogP contribution is 2.28. The Kier molecular flexibility index (Phi) is 22.1. The SMILES string of the molecule is CCCCO[Si](OCCCC)(OCCCC)OC(CC(OCC)(OCCC)OCCC)OCC. The van der Waals surface area contributed by atoms with Gasteiger partial charge in [-0.05, 0) is 46.0 Å². The molecule has 0 N–H and O–H groups in total. The van der Waals surface area contributed by atoms with E-state index >= 15 is 0 Å². The van der Waals surface area contributed by atoms with Gasteiger partial charge in [0, 0.05) is 33.0 Å². The minimum absolute atomic E-state index is 0.217. The molecule has 9 heteroatoms. The molecule has 0 aliphatic rings. The van der Waals surface area contributed by atoms with Gasteiger partial charge in [0.15, 0.2) is 6.29 Å². The molecule has 0 radical (unpaired) electrons. The highest BCUT2D eigenvalue weighted by Gasteiger charge is 2.50. The summed E-state index contributed by atoms with van der Waals surface area (Å²) in [6.07, 6.45) is 6.87. The predicted molar refractivity (Wildman–Crippen MR) is 136 cm³/mol. The van der Waals surface area contributed by atoms with Crippen LogP contribution in [0.1, 0.15) is 106 Å². The molecule has 0 rings (SSSR count). The van der Waals surface area contributed by atoms with Crippen molar-refractivity contribution in [2.24, 2.45) is 0 Å². The van der Waals surface area contributed by atoms with Gasteiger partial charge in [0.05, 0.1) is 19.6 Å². The lowest BCUT2D eigenvalue weighted by molar-refractivity contribution is -0.396. The van der Waals surface area contributed by atoms with E-state index in [1.165, 1.54) is 0 Å². The molecule has 0 saturated heterocycles. The van der Waals surface area contributed by atoms with Crippen LogP contribution in [0.3, 0.4) is 0 Å². The molecule has 1 unspecified atom stereocenters. The van der Waals surface area contributed by atoms with E-state index in [2.05, 4.69) is 34.6 Å². The first-order chi connectivity index (χ1) is 16.5. The summed E-state index contributed by atoms with van der Waals surface area (Å²) in [7, 11) is -3.48. The fourth-order valence-corrected chi connectivity index (χ4v) is 5.08. The van der Waals surface area contributed by atoms with Gasteiger partial charge in [-0.2, -0.15) is 0 Å². The van der Waals surface area contributed by atoms with E-state index in [1.54, 1.807) is 0 Å². The fraction of sp³-hybridized carbons (Fsp3) is 1.00. The number of hydrogen-bond donors (Lipinski definition) is 0. The molecule has 0 aliphatic carbocycles. The van der Waals surface area contributed by atoms with Crippen LogP contribution in [0.2, 0.25) is 0 Å². The van der Waals surface area contributed by atoms with Crippen LogP contribution in [-0.2, 0) is 36.7 Å². The Morgan fingerprint density at radius 3 is 1.38 bits per heavy atom. The average molecular weight is 511 g/mol. The normalized spacial score (nSPS) is 13.5. The molecule has 0 bridgehead atoms. The van der Waals surface area contributed by atoms with E-state index in [-0.39, 0.29) is 6.42 Å². The Hall–Kier alpha value is -0.103. The molecule has 0 heterocycles. The molecule has 0 aromatic carbocycles. The molecular formula is C25H54O8Si. The standard InChI is InChI=1S/C25H54O8Si/c1-8-15-20-30-34(31-21-16-9-2,32-22-17-10-3)33-24(26-13-6)23-25(27-14-7,28-18-11-4)29-19-12-5/h24H,8-23H2,1-7H3. The van der Waals surface area contributed by atoms with Crippen LogP contribution in [0.5, 0.6) is 0 Å². The van der Waals surface area contributed by atoms with Gasteiger partial charge in [-0.15, -0.1) is 0 Å².